The second-order valence-corrected chi connectivity index (χ2v) is 6.69. The van der Waals surface area contributed by atoms with Gasteiger partial charge in [0, 0.05) is 24.8 Å². The van der Waals surface area contributed by atoms with E-state index in [1.54, 1.807) is 18.3 Å². The summed E-state index contributed by atoms with van der Waals surface area (Å²) in [6.45, 7) is 1.89. The summed E-state index contributed by atoms with van der Waals surface area (Å²) < 4.78 is 14.0. The minimum Gasteiger partial charge on any atom is -0.392 e. The summed E-state index contributed by atoms with van der Waals surface area (Å²) in [4.78, 5) is 6.57. The van der Waals surface area contributed by atoms with E-state index in [-0.39, 0.29) is 18.3 Å². The van der Waals surface area contributed by atoms with Gasteiger partial charge in [0.05, 0.1) is 12.2 Å². The number of piperidine rings is 1. The molecule has 1 saturated heterocycles. The number of nitrogens with two attached hydrogens (primary N) is 1. The van der Waals surface area contributed by atoms with E-state index in [4.69, 9.17) is 16.1 Å². The summed E-state index contributed by atoms with van der Waals surface area (Å²) in [6, 6.07) is 10.8. The molecule has 6 heteroatoms. The summed E-state index contributed by atoms with van der Waals surface area (Å²) in [5, 5.41) is 18.0. The molecule has 1 aliphatic heterocycles. The van der Waals surface area contributed by atoms with E-state index in [1.165, 1.54) is 6.07 Å². The van der Waals surface area contributed by atoms with Crippen LogP contribution < -0.4 is 10.6 Å². The lowest BCUT2D eigenvalue weighted by Gasteiger charge is -2.36. The van der Waals surface area contributed by atoms with Gasteiger partial charge >= 0.3 is 0 Å². The van der Waals surface area contributed by atoms with Gasteiger partial charge in [-0.2, -0.15) is 5.26 Å². The van der Waals surface area contributed by atoms with E-state index >= 15 is 0 Å². The van der Waals surface area contributed by atoms with Crippen molar-refractivity contribution in [3.8, 4) is 6.07 Å². The van der Waals surface area contributed by atoms with Crippen molar-refractivity contribution in [1.82, 2.24) is 4.98 Å². The molecule has 1 aliphatic rings. The van der Waals surface area contributed by atoms with Crippen LogP contribution in [-0.4, -0.2) is 29.7 Å². The molecule has 1 atom stereocenters. The number of hydrogen-bond donors (Lipinski definition) is 2. The molecule has 0 bridgehead atoms. The number of pyridine rings is 1. The Morgan fingerprint density at radius 2 is 2.08 bits per heavy atom. The van der Waals surface area contributed by atoms with Crippen molar-refractivity contribution in [2.75, 3.05) is 24.5 Å². The van der Waals surface area contributed by atoms with Crippen LogP contribution in [0.1, 0.15) is 35.4 Å². The standard InChI is InChI=1S/C20H23FN4O/c21-19-9-16(2-3-17(19)13-26)18(11-23)15-5-7-25(8-6-15)20-4-1-14(10-22)12-24-20/h1-4,9,12,15,18,26H,5-8,11,13,23H2. The van der Waals surface area contributed by atoms with Crippen LogP contribution in [0.5, 0.6) is 0 Å². The summed E-state index contributed by atoms with van der Waals surface area (Å²) >= 11 is 0. The Balaban J connectivity index is 1.67. The molecule has 5 nitrogen and oxygen atoms in total. The second kappa shape index (κ2) is 8.26. The van der Waals surface area contributed by atoms with Crippen LogP contribution in [0.4, 0.5) is 10.2 Å². The molecule has 2 aromatic rings. The van der Waals surface area contributed by atoms with Gasteiger partial charge < -0.3 is 15.7 Å². The molecule has 1 fully saturated rings. The predicted octanol–water partition coefficient (Wildman–Crippen LogP) is 2.54. The largest absolute Gasteiger partial charge is 0.392 e. The molecule has 0 saturated carbocycles. The molecule has 26 heavy (non-hydrogen) atoms. The number of nitriles is 1. The first-order chi connectivity index (χ1) is 12.7. The predicted molar refractivity (Wildman–Crippen MR) is 98.0 cm³/mol. The highest BCUT2D eigenvalue weighted by atomic mass is 19.1. The van der Waals surface area contributed by atoms with E-state index < -0.39 is 0 Å². The van der Waals surface area contributed by atoms with Crippen LogP contribution in [-0.2, 0) is 6.61 Å². The summed E-state index contributed by atoms with van der Waals surface area (Å²) in [6.07, 6.45) is 3.50. The van der Waals surface area contributed by atoms with Gasteiger partial charge in [-0.15, -0.1) is 0 Å². The maximum absolute atomic E-state index is 14.0. The smallest absolute Gasteiger partial charge is 0.128 e. The van der Waals surface area contributed by atoms with Crippen LogP contribution in [0.2, 0.25) is 0 Å². The highest BCUT2D eigenvalue weighted by Gasteiger charge is 2.27. The average molecular weight is 354 g/mol. The lowest BCUT2D eigenvalue weighted by atomic mass is 9.80. The lowest BCUT2D eigenvalue weighted by Crippen LogP contribution is -2.37. The SMILES string of the molecule is N#Cc1ccc(N2CCC(C(CN)c3ccc(CO)c(F)c3)CC2)nc1. The minimum absolute atomic E-state index is 0.105. The summed E-state index contributed by atoms with van der Waals surface area (Å²) in [5.74, 6) is 0.995. The Bertz CT molecular complexity index is 779. The molecular formula is C20H23FN4O. The number of hydrogen-bond acceptors (Lipinski definition) is 5. The second-order valence-electron chi connectivity index (χ2n) is 6.69. The van der Waals surface area contributed by atoms with Crippen LogP contribution in [0.3, 0.4) is 0 Å². The Morgan fingerprint density at radius 3 is 2.62 bits per heavy atom. The Hall–Kier alpha value is -2.49. The van der Waals surface area contributed by atoms with Gasteiger partial charge in [-0.3, -0.25) is 0 Å². The Kier molecular flexibility index (Phi) is 5.82. The van der Waals surface area contributed by atoms with Gasteiger partial charge in [0.1, 0.15) is 17.7 Å². The number of aliphatic hydroxyl groups is 1. The third-order valence-electron chi connectivity index (χ3n) is 5.24. The number of halogens is 1. The van der Waals surface area contributed by atoms with Crippen molar-refractivity contribution in [1.29, 1.82) is 5.26 Å². The number of benzene rings is 1. The maximum Gasteiger partial charge on any atom is 0.128 e. The maximum atomic E-state index is 14.0. The molecule has 1 unspecified atom stereocenters. The highest BCUT2D eigenvalue weighted by molar-refractivity contribution is 5.42. The number of anilines is 1. The first kappa shape index (κ1) is 18.3. The van der Waals surface area contributed by atoms with Crippen LogP contribution >= 0.6 is 0 Å². The first-order valence-corrected chi connectivity index (χ1v) is 8.86. The third kappa shape index (κ3) is 3.85. The lowest BCUT2D eigenvalue weighted by molar-refractivity contribution is 0.275. The molecular weight excluding hydrogens is 331 g/mol. The zero-order chi connectivity index (χ0) is 18.5. The van der Waals surface area contributed by atoms with Crippen molar-refractivity contribution in [2.45, 2.75) is 25.4 Å². The number of nitrogens with zero attached hydrogens (tertiary/aromatic N) is 3. The number of rotatable bonds is 5. The van der Waals surface area contributed by atoms with Crippen LogP contribution in [0.25, 0.3) is 0 Å². The first-order valence-electron chi connectivity index (χ1n) is 8.86. The average Bonchev–Trinajstić information content (AvgIpc) is 2.69. The molecule has 0 aliphatic carbocycles. The topological polar surface area (TPSA) is 86.2 Å². The summed E-state index contributed by atoms with van der Waals surface area (Å²) in [7, 11) is 0. The fourth-order valence-corrected chi connectivity index (χ4v) is 3.69. The third-order valence-corrected chi connectivity index (χ3v) is 5.24. The fourth-order valence-electron chi connectivity index (χ4n) is 3.69. The highest BCUT2D eigenvalue weighted by Crippen LogP contribution is 2.33. The zero-order valence-electron chi connectivity index (χ0n) is 14.6. The van der Waals surface area contributed by atoms with Gasteiger partial charge in [0.25, 0.3) is 0 Å². The number of aromatic nitrogens is 1. The van der Waals surface area contributed by atoms with Crippen molar-refractivity contribution in [3.05, 3.63) is 59.0 Å². The Labute approximate surface area is 152 Å². The summed E-state index contributed by atoms with van der Waals surface area (Å²) in [5.41, 5.74) is 7.77. The fraction of sp³-hybridized carbons (Fsp3) is 0.400. The minimum atomic E-state index is -0.373. The molecule has 0 amide bonds. The molecule has 0 radical (unpaired) electrons. The molecule has 3 rings (SSSR count). The van der Waals surface area contributed by atoms with Crippen molar-refractivity contribution in [3.63, 3.8) is 0 Å². The van der Waals surface area contributed by atoms with E-state index in [1.807, 2.05) is 12.1 Å². The Morgan fingerprint density at radius 1 is 1.31 bits per heavy atom. The molecule has 3 N–H and O–H groups in total. The van der Waals surface area contributed by atoms with E-state index in [2.05, 4.69) is 16.0 Å². The molecule has 1 aromatic carbocycles. The molecule has 136 valence electrons. The van der Waals surface area contributed by atoms with Crippen LogP contribution in [0, 0.1) is 23.1 Å². The van der Waals surface area contributed by atoms with Crippen molar-refractivity contribution < 1.29 is 9.50 Å². The van der Waals surface area contributed by atoms with Gasteiger partial charge in [0.2, 0.25) is 0 Å². The van der Waals surface area contributed by atoms with Gasteiger partial charge in [-0.1, -0.05) is 12.1 Å². The normalized spacial score (nSPS) is 16.3. The van der Waals surface area contributed by atoms with Crippen molar-refractivity contribution >= 4 is 5.82 Å². The zero-order valence-corrected chi connectivity index (χ0v) is 14.6. The van der Waals surface area contributed by atoms with Gasteiger partial charge in [0.15, 0.2) is 0 Å². The van der Waals surface area contributed by atoms with Gasteiger partial charge in [-0.05, 0) is 55.0 Å². The quantitative estimate of drug-likeness (QED) is 0.862. The van der Waals surface area contributed by atoms with E-state index in [0.29, 0.717) is 23.6 Å². The molecule has 0 spiro atoms. The van der Waals surface area contributed by atoms with E-state index in [0.717, 1.165) is 37.3 Å². The van der Waals surface area contributed by atoms with Crippen LogP contribution in [0.15, 0.2) is 36.5 Å². The van der Waals surface area contributed by atoms with Gasteiger partial charge in [-0.25, -0.2) is 9.37 Å². The monoisotopic (exact) mass is 354 g/mol. The van der Waals surface area contributed by atoms with E-state index in [9.17, 15) is 4.39 Å². The number of aliphatic hydroxyl groups excluding tert-OH is 1. The molecule has 2 heterocycles. The molecule has 1 aromatic heterocycles. The van der Waals surface area contributed by atoms with Crippen molar-refractivity contribution in [2.24, 2.45) is 11.7 Å².